The molecule has 1 aromatic heterocycles. The molecule has 0 atom stereocenters. The summed E-state index contributed by atoms with van der Waals surface area (Å²) in [5.41, 5.74) is 3.19. The average Bonchev–Trinajstić information content (AvgIpc) is 2.94. The van der Waals surface area contributed by atoms with Crippen molar-refractivity contribution in [1.82, 2.24) is 9.36 Å². The Hall–Kier alpha value is -1.47. The van der Waals surface area contributed by atoms with Crippen LogP contribution in [0.4, 0.5) is 16.5 Å². The van der Waals surface area contributed by atoms with E-state index in [1.54, 1.807) is 11.8 Å². The number of azo groups is 1. The minimum Gasteiger partial charge on any atom is -0.367 e. The van der Waals surface area contributed by atoms with Crippen LogP contribution in [0.2, 0.25) is 0 Å². The Bertz CT molecular complexity index is 686. The summed E-state index contributed by atoms with van der Waals surface area (Å²) in [4.78, 5) is 6.73. The van der Waals surface area contributed by atoms with E-state index in [2.05, 4.69) is 78.2 Å². The maximum Gasteiger partial charge on any atom is 0.250 e. The van der Waals surface area contributed by atoms with Gasteiger partial charge in [0.05, 0.1) is 5.69 Å². The molecule has 0 aliphatic carbocycles. The summed E-state index contributed by atoms with van der Waals surface area (Å²) in [6, 6.07) is 7.21. The number of aryl methyl sites for hydroxylation is 1. The van der Waals surface area contributed by atoms with Gasteiger partial charge >= 0.3 is 0 Å². The van der Waals surface area contributed by atoms with Crippen molar-refractivity contribution in [3.05, 3.63) is 23.8 Å². The van der Waals surface area contributed by atoms with Gasteiger partial charge in [0.2, 0.25) is 10.3 Å². The molecule has 0 spiro atoms. The van der Waals surface area contributed by atoms with E-state index in [4.69, 9.17) is 0 Å². The first kappa shape index (κ1) is 18.9. The number of nitrogens with zero attached hydrogens (tertiary/aromatic N) is 5. The molecule has 0 aliphatic rings. The SMILES string of the molecule is CCSc1nsc(N=Nc2ccc(N(C(C)C)C(C)C)cc2C)n1. The zero-order valence-corrected chi connectivity index (χ0v) is 16.8. The van der Waals surface area contributed by atoms with Gasteiger partial charge in [-0.1, -0.05) is 18.7 Å². The summed E-state index contributed by atoms with van der Waals surface area (Å²) in [5, 5.41) is 9.94. The van der Waals surface area contributed by atoms with E-state index < -0.39 is 0 Å². The van der Waals surface area contributed by atoms with Gasteiger partial charge in [0.25, 0.3) is 0 Å². The third-order valence-corrected chi connectivity index (χ3v) is 4.95. The van der Waals surface area contributed by atoms with Crippen molar-refractivity contribution in [2.24, 2.45) is 10.2 Å². The average molecular weight is 364 g/mol. The molecule has 2 rings (SSSR count). The predicted octanol–water partition coefficient (Wildman–Crippen LogP) is 6.00. The Morgan fingerprint density at radius 1 is 1.17 bits per heavy atom. The van der Waals surface area contributed by atoms with Crippen LogP contribution in [0.1, 0.15) is 40.2 Å². The highest BCUT2D eigenvalue weighted by Gasteiger charge is 2.15. The molecule has 0 saturated carbocycles. The molecular weight excluding hydrogens is 338 g/mol. The van der Waals surface area contributed by atoms with Gasteiger partial charge in [-0.15, -0.1) is 10.2 Å². The van der Waals surface area contributed by atoms with Crippen molar-refractivity contribution in [1.29, 1.82) is 0 Å². The van der Waals surface area contributed by atoms with E-state index in [9.17, 15) is 0 Å². The molecule has 0 radical (unpaired) electrons. The third-order valence-electron chi connectivity index (χ3n) is 3.50. The maximum absolute atomic E-state index is 4.34. The number of thioether (sulfide) groups is 1. The van der Waals surface area contributed by atoms with Gasteiger partial charge in [0, 0.05) is 29.3 Å². The number of rotatable bonds is 7. The summed E-state index contributed by atoms with van der Waals surface area (Å²) in [7, 11) is 0. The van der Waals surface area contributed by atoms with Crippen LogP contribution < -0.4 is 4.90 Å². The van der Waals surface area contributed by atoms with E-state index in [0.717, 1.165) is 22.2 Å². The fraction of sp³-hybridized carbons (Fsp3) is 0.529. The number of benzene rings is 1. The number of hydrogen-bond donors (Lipinski definition) is 0. The molecule has 1 aromatic carbocycles. The van der Waals surface area contributed by atoms with Crippen LogP contribution in [-0.2, 0) is 0 Å². The topological polar surface area (TPSA) is 53.7 Å². The van der Waals surface area contributed by atoms with Crippen LogP contribution in [0, 0.1) is 6.92 Å². The predicted molar refractivity (Wildman–Crippen MR) is 104 cm³/mol. The van der Waals surface area contributed by atoms with Crippen LogP contribution in [0.5, 0.6) is 0 Å². The Morgan fingerprint density at radius 3 is 2.46 bits per heavy atom. The third kappa shape index (κ3) is 4.77. The molecule has 0 bridgehead atoms. The smallest absolute Gasteiger partial charge is 0.250 e. The normalized spacial score (nSPS) is 11.8. The van der Waals surface area contributed by atoms with Gasteiger partial charge in [0.1, 0.15) is 0 Å². The molecule has 1 heterocycles. The lowest BCUT2D eigenvalue weighted by molar-refractivity contribution is 0.608. The van der Waals surface area contributed by atoms with E-state index in [1.165, 1.54) is 17.2 Å². The summed E-state index contributed by atoms with van der Waals surface area (Å²) < 4.78 is 4.25. The lowest BCUT2D eigenvalue weighted by Gasteiger charge is -2.33. The Morgan fingerprint density at radius 2 is 1.88 bits per heavy atom. The van der Waals surface area contributed by atoms with Gasteiger partial charge in [-0.3, -0.25) is 0 Å². The maximum atomic E-state index is 4.34. The van der Waals surface area contributed by atoms with Crippen molar-refractivity contribution >= 4 is 39.8 Å². The molecule has 2 aromatic rings. The van der Waals surface area contributed by atoms with Crippen LogP contribution in [0.15, 0.2) is 33.6 Å². The Kier molecular flexibility index (Phi) is 6.74. The molecule has 0 amide bonds. The van der Waals surface area contributed by atoms with Crippen molar-refractivity contribution in [2.45, 2.75) is 58.8 Å². The molecule has 0 N–H and O–H groups in total. The highest BCUT2D eigenvalue weighted by atomic mass is 32.2. The van der Waals surface area contributed by atoms with Crippen LogP contribution in [0.25, 0.3) is 0 Å². The Balaban J connectivity index is 2.18. The second kappa shape index (κ2) is 8.58. The van der Waals surface area contributed by atoms with Gasteiger partial charge in [-0.2, -0.15) is 9.36 Å². The molecule has 0 unspecified atom stereocenters. The van der Waals surface area contributed by atoms with Crippen molar-refractivity contribution < 1.29 is 0 Å². The van der Waals surface area contributed by atoms with E-state index in [0.29, 0.717) is 17.2 Å². The quantitative estimate of drug-likeness (QED) is 0.447. The van der Waals surface area contributed by atoms with Gasteiger partial charge < -0.3 is 4.90 Å². The minimum absolute atomic E-state index is 0.452. The number of anilines is 1. The molecule has 0 saturated heterocycles. The largest absolute Gasteiger partial charge is 0.367 e. The van der Waals surface area contributed by atoms with Gasteiger partial charge in [-0.05, 0) is 64.1 Å². The molecular formula is C17H25N5S2. The zero-order valence-electron chi connectivity index (χ0n) is 15.1. The highest BCUT2D eigenvalue weighted by molar-refractivity contribution is 7.99. The number of hydrogen-bond acceptors (Lipinski definition) is 7. The molecule has 0 aliphatic heterocycles. The van der Waals surface area contributed by atoms with E-state index >= 15 is 0 Å². The molecule has 5 nitrogen and oxygen atoms in total. The summed E-state index contributed by atoms with van der Waals surface area (Å²) in [5.74, 6) is 0.954. The molecule has 130 valence electrons. The van der Waals surface area contributed by atoms with Crippen LogP contribution in [-0.4, -0.2) is 27.2 Å². The fourth-order valence-electron chi connectivity index (χ4n) is 2.63. The fourth-order valence-corrected chi connectivity index (χ4v) is 3.83. The van der Waals surface area contributed by atoms with Crippen molar-refractivity contribution in [2.75, 3.05) is 10.7 Å². The lowest BCUT2D eigenvalue weighted by atomic mass is 10.1. The first-order chi connectivity index (χ1) is 11.4. The minimum atomic E-state index is 0.452. The zero-order chi connectivity index (χ0) is 17.7. The van der Waals surface area contributed by atoms with E-state index in [1.807, 2.05) is 6.07 Å². The van der Waals surface area contributed by atoms with Gasteiger partial charge in [0.15, 0.2) is 0 Å². The number of aromatic nitrogens is 2. The first-order valence-corrected chi connectivity index (χ1v) is 9.95. The van der Waals surface area contributed by atoms with Crippen LogP contribution >= 0.6 is 23.3 Å². The lowest BCUT2D eigenvalue weighted by Crippen LogP contribution is -2.36. The summed E-state index contributed by atoms with van der Waals surface area (Å²) in [6.45, 7) is 13.0. The summed E-state index contributed by atoms with van der Waals surface area (Å²) in [6.07, 6.45) is 0. The second-order valence-corrected chi connectivity index (χ2v) is 8.02. The molecule has 0 fully saturated rings. The standard InChI is InChI=1S/C17H25N5S2/c1-7-23-17-18-16(24-21-17)20-19-15-9-8-14(10-13(15)6)22(11(2)3)12(4)5/h8-12H,7H2,1-6H3. The van der Waals surface area contributed by atoms with Crippen molar-refractivity contribution in [3.63, 3.8) is 0 Å². The highest BCUT2D eigenvalue weighted by Crippen LogP contribution is 2.29. The molecule has 24 heavy (non-hydrogen) atoms. The monoisotopic (exact) mass is 363 g/mol. The first-order valence-electron chi connectivity index (χ1n) is 8.19. The Labute approximate surface area is 152 Å². The summed E-state index contributed by atoms with van der Waals surface area (Å²) >= 11 is 2.89. The molecule has 7 heteroatoms. The van der Waals surface area contributed by atoms with Crippen LogP contribution in [0.3, 0.4) is 0 Å². The van der Waals surface area contributed by atoms with E-state index in [-0.39, 0.29) is 0 Å². The van der Waals surface area contributed by atoms with Crippen molar-refractivity contribution in [3.8, 4) is 0 Å². The second-order valence-electron chi connectivity index (χ2n) is 6.06. The van der Waals surface area contributed by atoms with Gasteiger partial charge in [-0.25, -0.2) is 0 Å².